The highest BCUT2D eigenvalue weighted by molar-refractivity contribution is 7.90. The van der Waals surface area contributed by atoms with Gasteiger partial charge in [-0.25, -0.2) is 23.2 Å². The summed E-state index contributed by atoms with van der Waals surface area (Å²) in [5.74, 6) is -0.867. The highest BCUT2D eigenvalue weighted by Crippen LogP contribution is 2.30. The number of nitrogens with one attached hydrogen (secondary N) is 1. The van der Waals surface area contributed by atoms with Gasteiger partial charge in [0, 0.05) is 11.6 Å². The Balaban J connectivity index is 2.81. The molecule has 7 nitrogen and oxygen atoms in total. The van der Waals surface area contributed by atoms with Crippen molar-refractivity contribution in [1.29, 1.82) is 0 Å². The summed E-state index contributed by atoms with van der Waals surface area (Å²) >= 11 is 0. The molecule has 1 unspecified atom stereocenters. The first-order valence-corrected chi connectivity index (χ1v) is 8.78. The van der Waals surface area contributed by atoms with Crippen LogP contribution in [0.4, 0.5) is 13.2 Å². The number of fused-ring (bicyclic) bond motifs is 1. The summed E-state index contributed by atoms with van der Waals surface area (Å²) < 4.78 is 66.9. The molecular formula is C14H14F3N3O4S. The molecule has 25 heavy (non-hydrogen) atoms. The Bertz CT molecular complexity index is 929. The van der Waals surface area contributed by atoms with E-state index in [1.165, 1.54) is 13.1 Å². The Hall–Kier alpha value is -2.27. The first-order valence-electron chi connectivity index (χ1n) is 6.82. The lowest BCUT2D eigenvalue weighted by molar-refractivity contribution is -0.141. The quantitative estimate of drug-likeness (QED) is 0.810. The topological polar surface area (TPSA) is 98.2 Å². The van der Waals surface area contributed by atoms with E-state index in [2.05, 4.69) is 20.0 Å². The normalized spacial score (nSPS) is 13.7. The van der Waals surface area contributed by atoms with E-state index in [1.54, 1.807) is 0 Å². The maximum atomic E-state index is 12.8. The van der Waals surface area contributed by atoms with Crippen LogP contribution in [0, 0.1) is 0 Å². The molecule has 0 aliphatic rings. The number of pyridine rings is 2. The molecule has 0 spiro atoms. The van der Waals surface area contributed by atoms with Crippen molar-refractivity contribution in [3.05, 3.63) is 35.2 Å². The van der Waals surface area contributed by atoms with E-state index in [4.69, 9.17) is 0 Å². The van der Waals surface area contributed by atoms with Crippen molar-refractivity contribution in [2.24, 2.45) is 0 Å². The summed E-state index contributed by atoms with van der Waals surface area (Å²) in [7, 11) is -1.36. The predicted octanol–water partition coefficient (Wildman–Crippen LogP) is 1.70. The fourth-order valence-electron chi connectivity index (χ4n) is 2.25. The number of hydrogen-bond donors (Lipinski definition) is 1. The molecule has 0 fully saturated rings. The van der Waals surface area contributed by atoms with E-state index in [1.807, 2.05) is 0 Å². The number of carbonyl (C=O) groups excluding carboxylic acids is 1. The molecule has 2 heterocycles. The highest BCUT2D eigenvalue weighted by atomic mass is 32.2. The van der Waals surface area contributed by atoms with Crippen molar-refractivity contribution in [3.63, 3.8) is 0 Å². The summed E-state index contributed by atoms with van der Waals surface area (Å²) in [5, 5.41) is 1.20. The van der Waals surface area contributed by atoms with Gasteiger partial charge in [-0.15, -0.1) is 0 Å². The monoisotopic (exact) mass is 377 g/mol. The van der Waals surface area contributed by atoms with E-state index in [0.29, 0.717) is 0 Å². The van der Waals surface area contributed by atoms with Gasteiger partial charge in [-0.2, -0.15) is 13.2 Å². The maximum Gasteiger partial charge on any atom is 0.433 e. The minimum Gasteiger partial charge on any atom is -0.465 e. The molecule has 0 bridgehead atoms. The van der Waals surface area contributed by atoms with Gasteiger partial charge in [-0.1, -0.05) is 0 Å². The van der Waals surface area contributed by atoms with E-state index in [9.17, 15) is 26.4 Å². The first kappa shape index (κ1) is 19.1. The maximum absolute atomic E-state index is 12.8. The van der Waals surface area contributed by atoms with Crippen LogP contribution in [0.5, 0.6) is 0 Å². The number of sulfone groups is 1. The van der Waals surface area contributed by atoms with Crippen molar-refractivity contribution in [2.75, 3.05) is 20.4 Å². The predicted molar refractivity (Wildman–Crippen MR) is 82.5 cm³/mol. The van der Waals surface area contributed by atoms with Crippen LogP contribution < -0.4 is 5.32 Å². The average molecular weight is 377 g/mol. The van der Waals surface area contributed by atoms with Crippen molar-refractivity contribution in [1.82, 2.24) is 15.3 Å². The minimum atomic E-state index is -4.68. The molecule has 1 N–H and O–H groups in total. The van der Waals surface area contributed by atoms with E-state index < -0.39 is 33.1 Å². The molecule has 2 aromatic heterocycles. The number of halogens is 3. The molecule has 11 heteroatoms. The SMILES string of the molecule is CNC(c1nc2nc(C(F)(F)F)ccc2cc1C(=O)OC)S(C)(=O)=O. The summed E-state index contributed by atoms with van der Waals surface area (Å²) in [6, 6.07) is 3.05. The third kappa shape index (κ3) is 3.87. The Morgan fingerprint density at radius 1 is 1.28 bits per heavy atom. The van der Waals surface area contributed by atoms with Crippen LogP contribution in [-0.4, -0.2) is 44.8 Å². The van der Waals surface area contributed by atoms with E-state index in [0.717, 1.165) is 25.5 Å². The molecule has 0 aliphatic carbocycles. The summed E-state index contributed by atoms with van der Waals surface area (Å²) in [4.78, 5) is 19.3. The molecule has 0 radical (unpaired) electrons. The fraction of sp³-hybridized carbons (Fsp3) is 0.357. The van der Waals surface area contributed by atoms with Crippen molar-refractivity contribution in [2.45, 2.75) is 11.6 Å². The second-order valence-corrected chi connectivity index (χ2v) is 7.28. The molecule has 1 atom stereocenters. The van der Waals surface area contributed by atoms with Gasteiger partial charge in [0.05, 0.1) is 18.4 Å². The van der Waals surface area contributed by atoms with Crippen LogP contribution in [0.25, 0.3) is 11.0 Å². The zero-order valence-electron chi connectivity index (χ0n) is 13.4. The van der Waals surface area contributed by atoms with Crippen molar-refractivity contribution < 1.29 is 31.1 Å². The van der Waals surface area contributed by atoms with Crippen LogP contribution in [0.15, 0.2) is 18.2 Å². The second-order valence-electron chi connectivity index (χ2n) is 5.15. The Kier molecular flexibility index (Phi) is 5.00. The molecule has 0 aliphatic heterocycles. The number of nitrogens with zero attached hydrogens (tertiary/aromatic N) is 2. The number of rotatable bonds is 4. The number of ether oxygens (including phenoxy) is 1. The standard InChI is InChI=1S/C14H14F3N3O4S/c1-18-12(25(3,22)23)10-8(13(21)24-2)6-7-4-5-9(14(15,16)17)19-11(7)20-10/h4-6,12,18H,1-3H3. The van der Waals surface area contributed by atoms with E-state index >= 15 is 0 Å². The average Bonchev–Trinajstić information content (AvgIpc) is 2.51. The number of aromatic nitrogens is 2. The number of methoxy groups -OCH3 is 1. The van der Waals surface area contributed by atoms with Gasteiger partial charge < -0.3 is 4.74 Å². The third-order valence-electron chi connectivity index (χ3n) is 3.34. The number of alkyl halides is 3. The Morgan fingerprint density at radius 2 is 1.92 bits per heavy atom. The third-order valence-corrected chi connectivity index (χ3v) is 4.66. The largest absolute Gasteiger partial charge is 0.465 e. The molecule has 0 amide bonds. The van der Waals surface area contributed by atoms with Crippen LogP contribution >= 0.6 is 0 Å². The Morgan fingerprint density at radius 3 is 2.40 bits per heavy atom. The van der Waals surface area contributed by atoms with Crippen LogP contribution in [-0.2, 0) is 20.8 Å². The van der Waals surface area contributed by atoms with Gasteiger partial charge in [-0.3, -0.25) is 5.32 Å². The summed E-state index contributed by atoms with van der Waals surface area (Å²) in [5.41, 5.74) is -1.97. The molecule has 0 aromatic carbocycles. The second kappa shape index (κ2) is 6.56. The number of carbonyl (C=O) groups is 1. The van der Waals surface area contributed by atoms with Crippen molar-refractivity contribution in [3.8, 4) is 0 Å². The van der Waals surface area contributed by atoms with Crippen LogP contribution in [0.2, 0.25) is 0 Å². The molecule has 0 saturated heterocycles. The van der Waals surface area contributed by atoms with Crippen LogP contribution in [0.1, 0.15) is 27.1 Å². The molecular weight excluding hydrogens is 363 g/mol. The van der Waals surface area contributed by atoms with Gasteiger partial charge in [0.2, 0.25) is 0 Å². The lowest BCUT2D eigenvalue weighted by Gasteiger charge is -2.17. The minimum absolute atomic E-state index is 0.139. The van der Waals surface area contributed by atoms with E-state index in [-0.39, 0.29) is 22.3 Å². The van der Waals surface area contributed by atoms with Gasteiger partial charge in [0.15, 0.2) is 20.9 Å². The highest BCUT2D eigenvalue weighted by Gasteiger charge is 2.34. The molecule has 2 rings (SSSR count). The van der Waals surface area contributed by atoms with Gasteiger partial charge in [-0.05, 0) is 25.2 Å². The zero-order valence-corrected chi connectivity index (χ0v) is 14.2. The van der Waals surface area contributed by atoms with Gasteiger partial charge in [0.1, 0.15) is 5.69 Å². The first-order chi connectivity index (χ1) is 11.5. The van der Waals surface area contributed by atoms with Crippen molar-refractivity contribution >= 4 is 26.8 Å². The fourth-order valence-corrected chi connectivity index (χ4v) is 3.26. The summed E-state index contributed by atoms with van der Waals surface area (Å²) in [6.45, 7) is 0. The molecule has 0 saturated carbocycles. The smallest absolute Gasteiger partial charge is 0.433 e. The number of hydrogen-bond acceptors (Lipinski definition) is 7. The lowest BCUT2D eigenvalue weighted by Crippen LogP contribution is -2.28. The van der Waals surface area contributed by atoms with Crippen LogP contribution in [0.3, 0.4) is 0 Å². The summed E-state index contributed by atoms with van der Waals surface area (Å²) in [6.07, 6.45) is -3.78. The zero-order chi connectivity index (χ0) is 19.0. The Labute approximate surface area is 141 Å². The number of esters is 1. The van der Waals surface area contributed by atoms with Gasteiger partial charge >= 0.3 is 12.1 Å². The van der Waals surface area contributed by atoms with Gasteiger partial charge in [0.25, 0.3) is 0 Å². The molecule has 2 aromatic rings. The lowest BCUT2D eigenvalue weighted by atomic mass is 10.1. The molecule has 136 valence electrons.